The highest BCUT2D eigenvalue weighted by molar-refractivity contribution is 5.36. The molecule has 1 aromatic rings. The van der Waals surface area contributed by atoms with E-state index >= 15 is 0 Å². The maximum atomic E-state index is 13.1. The highest BCUT2D eigenvalue weighted by Gasteiger charge is 2.20. The molecule has 76 valence electrons. The van der Waals surface area contributed by atoms with Crippen LogP contribution in [0.2, 0.25) is 0 Å². The molecule has 0 aromatic heterocycles. The summed E-state index contributed by atoms with van der Waals surface area (Å²) in [5.41, 5.74) is 0.716. The lowest BCUT2D eigenvalue weighted by molar-refractivity contribution is 0.0847. The summed E-state index contributed by atoms with van der Waals surface area (Å²) >= 11 is 0. The fourth-order valence-electron chi connectivity index (χ4n) is 1.87. The number of para-hydroxylation sites is 1. The van der Waals surface area contributed by atoms with Crippen LogP contribution in [0.4, 0.5) is 4.39 Å². The Bertz CT molecular complexity index is 319. The van der Waals surface area contributed by atoms with Gasteiger partial charge in [-0.2, -0.15) is 0 Å². The van der Waals surface area contributed by atoms with Crippen LogP contribution in [0.25, 0.3) is 0 Å². The van der Waals surface area contributed by atoms with Crippen molar-refractivity contribution in [2.24, 2.45) is 0 Å². The van der Waals surface area contributed by atoms with Gasteiger partial charge in [0.25, 0.3) is 0 Å². The SMILES string of the molecule is Oc1c(F)cccc1C1CCOCC1. The Morgan fingerprint density at radius 2 is 2.00 bits per heavy atom. The molecular formula is C11H13FO2. The van der Waals surface area contributed by atoms with E-state index < -0.39 is 5.82 Å². The molecule has 1 aromatic carbocycles. The Hall–Kier alpha value is -1.09. The molecule has 3 heteroatoms. The first-order chi connectivity index (χ1) is 6.79. The molecule has 0 bridgehead atoms. The topological polar surface area (TPSA) is 29.5 Å². The lowest BCUT2D eigenvalue weighted by atomic mass is 9.91. The largest absolute Gasteiger partial charge is 0.505 e. The summed E-state index contributed by atoms with van der Waals surface area (Å²) in [6, 6.07) is 4.70. The van der Waals surface area contributed by atoms with Crippen molar-refractivity contribution in [3.8, 4) is 5.75 Å². The Morgan fingerprint density at radius 3 is 2.71 bits per heavy atom. The van der Waals surface area contributed by atoms with Gasteiger partial charge in [0.1, 0.15) is 0 Å². The van der Waals surface area contributed by atoms with Gasteiger partial charge in [0, 0.05) is 18.8 Å². The Labute approximate surface area is 82.3 Å². The monoisotopic (exact) mass is 196 g/mol. The first-order valence-electron chi connectivity index (χ1n) is 4.84. The number of phenolic OH excluding ortho intramolecular Hbond substituents is 1. The fraction of sp³-hybridized carbons (Fsp3) is 0.455. The zero-order valence-corrected chi connectivity index (χ0v) is 7.87. The summed E-state index contributed by atoms with van der Waals surface area (Å²) in [6.45, 7) is 1.39. The third kappa shape index (κ3) is 1.73. The van der Waals surface area contributed by atoms with Gasteiger partial charge >= 0.3 is 0 Å². The number of rotatable bonds is 1. The van der Waals surface area contributed by atoms with E-state index in [0.717, 1.165) is 12.8 Å². The summed E-state index contributed by atoms with van der Waals surface area (Å²) in [5, 5.41) is 9.53. The number of aromatic hydroxyl groups is 1. The van der Waals surface area contributed by atoms with Gasteiger partial charge in [-0.3, -0.25) is 0 Å². The summed E-state index contributed by atoms with van der Waals surface area (Å²) in [7, 11) is 0. The molecule has 1 aliphatic rings. The minimum atomic E-state index is -0.533. The summed E-state index contributed by atoms with van der Waals surface area (Å²) < 4.78 is 18.3. The molecular weight excluding hydrogens is 183 g/mol. The van der Waals surface area contributed by atoms with Gasteiger partial charge in [0.2, 0.25) is 0 Å². The van der Waals surface area contributed by atoms with Gasteiger partial charge in [-0.05, 0) is 24.8 Å². The lowest BCUT2D eigenvalue weighted by Crippen LogP contribution is -2.14. The summed E-state index contributed by atoms with van der Waals surface area (Å²) in [6.07, 6.45) is 1.72. The van der Waals surface area contributed by atoms with E-state index in [2.05, 4.69) is 0 Å². The van der Waals surface area contributed by atoms with Crippen LogP contribution in [0.15, 0.2) is 18.2 Å². The van der Waals surface area contributed by atoms with Crippen LogP contribution in [-0.2, 0) is 4.74 Å². The van der Waals surface area contributed by atoms with E-state index in [1.165, 1.54) is 6.07 Å². The van der Waals surface area contributed by atoms with E-state index in [1.54, 1.807) is 12.1 Å². The van der Waals surface area contributed by atoms with Gasteiger partial charge in [-0.1, -0.05) is 12.1 Å². The number of benzene rings is 1. The minimum absolute atomic E-state index is 0.195. The first-order valence-corrected chi connectivity index (χ1v) is 4.84. The van der Waals surface area contributed by atoms with Gasteiger partial charge in [0.05, 0.1) is 0 Å². The fourth-order valence-corrected chi connectivity index (χ4v) is 1.87. The molecule has 0 spiro atoms. The second-order valence-corrected chi connectivity index (χ2v) is 3.56. The van der Waals surface area contributed by atoms with Gasteiger partial charge in [-0.15, -0.1) is 0 Å². The predicted octanol–water partition coefficient (Wildman–Crippen LogP) is 2.43. The molecule has 0 aliphatic carbocycles. The average molecular weight is 196 g/mol. The highest BCUT2D eigenvalue weighted by atomic mass is 19.1. The average Bonchev–Trinajstić information content (AvgIpc) is 2.23. The third-order valence-electron chi connectivity index (χ3n) is 2.68. The number of hydrogen-bond donors (Lipinski definition) is 1. The number of hydrogen-bond acceptors (Lipinski definition) is 2. The number of phenols is 1. The minimum Gasteiger partial charge on any atom is -0.505 e. The summed E-state index contributed by atoms with van der Waals surface area (Å²) in [4.78, 5) is 0. The van der Waals surface area contributed by atoms with Crippen LogP contribution in [0.5, 0.6) is 5.75 Å². The predicted molar refractivity (Wildman–Crippen MR) is 50.9 cm³/mol. The van der Waals surface area contributed by atoms with Crippen molar-refractivity contribution in [3.63, 3.8) is 0 Å². The first kappa shape index (κ1) is 9.46. The molecule has 0 radical (unpaired) electrons. The number of ether oxygens (including phenoxy) is 1. The van der Waals surface area contributed by atoms with Crippen LogP contribution < -0.4 is 0 Å². The van der Waals surface area contributed by atoms with Crippen molar-refractivity contribution in [2.45, 2.75) is 18.8 Å². The van der Waals surface area contributed by atoms with Crippen molar-refractivity contribution < 1.29 is 14.2 Å². The molecule has 0 atom stereocenters. The molecule has 1 saturated heterocycles. The van der Waals surface area contributed by atoms with Gasteiger partial charge < -0.3 is 9.84 Å². The lowest BCUT2D eigenvalue weighted by Gasteiger charge is -2.23. The van der Waals surface area contributed by atoms with Crippen molar-refractivity contribution in [3.05, 3.63) is 29.6 Å². The van der Waals surface area contributed by atoms with Crippen LogP contribution in [0.3, 0.4) is 0 Å². The van der Waals surface area contributed by atoms with Gasteiger partial charge in [0.15, 0.2) is 11.6 Å². The molecule has 2 rings (SSSR count). The van der Waals surface area contributed by atoms with Crippen LogP contribution in [-0.4, -0.2) is 18.3 Å². The molecule has 0 saturated carbocycles. The molecule has 2 nitrogen and oxygen atoms in total. The molecule has 1 fully saturated rings. The zero-order valence-electron chi connectivity index (χ0n) is 7.87. The van der Waals surface area contributed by atoms with Crippen molar-refractivity contribution in [1.29, 1.82) is 0 Å². The van der Waals surface area contributed by atoms with E-state index in [-0.39, 0.29) is 11.7 Å². The molecule has 1 N–H and O–H groups in total. The Morgan fingerprint density at radius 1 is 1.29 bits per heavy atom. The van der Waals surface area contributed by atoms with Crippen LogP contribution in [0, 0.1) is 5.82 Å². The van der Waals surface area contributed by atoms with Gasteiger partial charge in [-0.25, -0.2) is 4.39 Å². The normalized spacial score (nSPS) is 18.4. The highest BCUT2D eigenvalue weighted by Crippen LogP contribution is 2.34. The van der Waals surface area contributed by atoms with E-state index in [4.69, 9.17) is 4.74 Å². The molecule has 1 aliphatic heterocycles. The maximum absolute atomic E-state index is 13.1. The van der Waals surface area contributed by atoms with E-state index in [1.807, 2.05) is 0 Å². The Balaban J connectivity index is 2.26. The second-order valence-electron chi connectivity index (χ2n) is 3.56. The second kappa shape index (κ2) is 3.96. The third-order valence-corrected chi connectivity index (χ3v) is 2.68. The summed E-state index contributed by atoms with van der Waals surface area (Å²) in [5.74, 6) is -0.493. The molecule has 0 amide bonds. The number of halogens is 1. The molecule has 14 heavy (non-hydrogen) atoms. The Kier molecular flexibility index (Phi) is 2.68. The molecule has 1 heterocycles. The van der Waals surface area contributed by atoms with Crippen LogP contribution >= 0.6 is 0 Å². The molecule has 0 unspecified atom stereocenters. The van der Waals surface area contributed by atoms with Crippen molar-refractivity contribution in [2.75, 3.05) is 13.2 Å². The van der Waals surface area contributed by atoms with E-state index in [0.29, 0.717) is 18.8 Å². The maximum Gasteiger partial charge on any atom is 0.165 e. The van der Waals surface area contributed by atoms with Crippen molar-refractivity contribution >= 4 is 0 Å². The quantitative estimate of drug-likeness (QED) is 0.747. The van der Waals surface area contributed by atoms with Crippen molar-refractivity contribution in [1.82, 2.24) is 0 Å². The standard InChI is InChI=1S/C11H13FO2/c12-10-3-1-2-9(11(10)13)8-4-6-14-7-5-8/h1-3,8,13H,4-7H2. The zero-order chi connectivity index (χ0) is 9.97. The smallest absolute Gasteiger partial charge is 0.165 e. The van der Waals surface area contributed by atoms with E-state index in [9.17, 15) is 9.50 Å². The van der Waals surface area contributed by atoms with Crippen LogP contribution in [0.1, 0.15) is 24.3 Å².